The van der Waals surface area contributed by atoms with Crippen LogP contribution < -0.4 is 10.1 Å². The van der Waals surface area contributed by atoms with Crippen molar-refractivity contribution in [3.63, 3.8) is 0 Å². The molecule has 1 saturated carbocycles. The fourth-order valence-corrected chi connectivity index (χ4v) is 4.37. The van der Waals surface area contributed by atoms with E-state index >= 15 is 0 Å². The molecular weight excluding hydrogens is 336 g/mol. The molecule has 0 amide bonds. The van der Waals surface area contributed by atoms with Crippen LogP contribution in [-0.2, 0) is 17.9 Å². The largest absolute Gasteiger partial charge is 0.462 e. The Morgan fingerprint density at radius 1 is 1.04 bits per heavy atom. The van der Waals surface area contributed by atoms with Gasteiger partial charge in [0.1, 0.15) is 5.75 Å². The topological polar surface area (TPSA) is 33.7 Å². The fourth-order valence-electron chi connectivity index (χ4n) is 4.37. The number of nitrogens with zero attached hydrogens (tertiary/aromatic N) is 1. The van der Waals surface area contributed by atoms with Crippen molar-refractivity contribution in [3.8, 4) is 5.75 Å². The number of likely N-dealkylation sites (tertiary alicyclic amines) is 1. The Bertz CT molecular complexity index is 780. The molecule has 2 aromatic carbocycles. The van der Waals surface area contributed by atoms with E-state index in [1.165, 1.54) is 24.8 Å². The number of benzene rings is 2. The first-order chi connectivity index (χ1) is 13.3. The summed E-state index contributed by atoms with van der Waals surface area (Å²) in [7, 11) is 0. The predicted octanol–water partition coefficient (Wildman–Crippen LogP) is 4.55. The van der Waals surface area contributed by atoms with Crippen molar-refractivity contribution in [2.45, 2.75) is 57.1 Å². The van der Waals surface area contributed by atoms with Crippen LogP contribution in [0.2, 0.25) is 0 Å². The minimum atomic E-state index is -0.410. The summed E-state index contributed by atoms with van der Waals surface area (Å²) < 4.78 is 12.6. The monoisotopic (exact) mass is 364 g/mol. The zero-order valence-corrected chi connectivity index (χ0v) is 15.8. The Morgan fingerprint density at radius 2 is 1.85 bits per heavy atom. The van der Waals surface area contributed by atoms with Gasteiger partial charge in [-0.15, -0.1) is 0 Å². The molecule has 5 rings (SSSR count). The third-order valence-electron chi connectivity index (χ3n) is 6.34. The van der Waals surface area contributed by atoms with Crippen molar-refractivity contribution in [3.05, 3.63) is 59.7 Å². The second-order valence-corrected chi connectivity index (χ2v) is 8.08. The summed E-state index contributed by atoms with van der Waals surface area (Å²) in [5.41, 5.74) is 3.53. The first kappa shape index (κ1) is 17.1. The lowest BCUT2D eigenvalue weighted by Gasteiger charge is -2.47. The highest BCUT2D eigenvalue weighted by atomic mass is 16.7. The van der Waals surface area contributed by atoms with Gasteiger partial charge in [-0.3, -0.25) is 4.90 Å². The number of hydrogen-bond acceptors (Lipinski definition) is 4. The molecule has 2 aromatic rings. The fraction of sp³-hybridized carbons (Fsp3) is 0.478. The Morgan fingerprint density at radius 3 is 2.59 bits per heavy atom. The summed E-state index contributed by atoms with van der Waals surface area (Å²) in [6.45, 7) is 3.65. The van der Waals surface area contributed by atoms with Crippen molar-refractivity contribution in [2.75, 3.05) is 18.4 Å². The van der Waals surface area contributed by atoms with E-state index in [0.717, 1.165) is 55.5 Å². The van der Waals surface area contributed by atoms with Gasteiger partial charge in [0.25, 0.3) is 0 Å². The maximum Gasteiger partial charge on any atom is 0.213 e. The molecule has 2 heterocycles. The van der Waals surface area contributed by atoms with E-state index in [2.05, 4.69) is 52.7 Å². The van der Waals surface area contributed by atoms with E-state index in [1.807, 2.05) is 6.07 Å². The van der Waals surface area contributed by atoms with Gasteiger partial charge in [-0.1, -0.05) is 36.8 Å². The maximum atomic E-state index is 6.38. The third kappa shape index (κ3) is 3.56. The van der Waals surface area contributed by atoms with Crippen LogP contribution in [0.4, 0.5) is 5.69 Å². The van der Waals surface area contributed by atoms with Crippen molar-refractivity contribution < 1.29 is 9.47 Å². The summed E-state index contributed by atoms with van der Waals surface area (Å²) in [5, 5.41) is 3.50. The average molecular weight is 364 g/mol. The van der Waals surface area contributed by atoms with Crippen LogP contribution >= 0.6 is 0 Å². The van der Waals surface area contributed by atoms with Gasteiger partial charge in [-0.05, 0) is 36.6 Å². The molecule has 4 heteroatoms. The van der Waals surface area contributed by atoms with E-state index in [0.29, 0.717) is 6.61 Å². The van der Waals surface area contributed by atoms with E-state index in [4.69, 9.17) is 9.47 Å². The minimum Gasteiger partial charge on any atom is -0.462 e. The number of fused-ring (bicyclic) bond motifs is 1. The molecule has 4 nitrogen and oxygen atoms in total. The molecule has 3 aliphatic rings. The molecule has 142 valence electrons. The van der Waals surface area contributed by atoms with Gasteiger partial charge in [-0.2, -0.15) is 0 Å². The Kier molecular flexibility index (Phi) is 4.54. The summed E-state index contributed by atoms with van der Waals surface area (Å²) in [4.78, 5) is 2.63. The van der Waals surface area contributed by atoms with Crippen LogP contribution in [0.25, 0.3) is 0 Å². The van der Waals surface area contributed by atoms with Crippen molar-refractivity contribution in [2.24, 2.45) is 0 Å². The van der Waals surface area contributed by atoms with Crippen molar-refractivity contribution in [1.29, 1.82) is 0 Å². The van der Waals surface area contributed by atoms with Crippen LogP contribution in [0.15, 0.2) is 48.5 Å². The lowest BCUT2D eigenvalue weighted by molar-refractivity contribution is -0.231. The van der Waals surface area contributed by atoms with Crippen LogP contribution in [0.1, 0.15) is 43.2 Å². The molecule has 0 radical (unpaired) electrons. The minimum absolute atomic E-state index is 0.410. The zero-order chi connectivity index (χ0) is 18.1. The van der Waals surface area contributed by atoms with Crippen LogP contribution in [-0.4, -0.2) is 29.8 Å². The summed E-state index contributed by atoms with van der Waals surface area (Å²) in [5.74, 6) is 0.579. The molecule has 0 atom stereocenters. The second kappa shape index (κ2) is 7.17. The highest BCUT2D eigenvalue weighted by molar-refractivity contribution is 5.52. The van der Waals surface area contributed by atoms with E-state index < -0.39 is 5.79 Å². The molecule has 1 aliphatic carbocycles. The van der Waals surface area contributed by atoms with Gasteiger partial charge >= 0.3 is 0 Å². The molecule has 1 N–H and O–H groups in total. The summed E-state index contributed by atoms with van der Waals surface area (Å²) in [6.07, 6.45) is 6.08. The van der Waals surface area contributed by atoms with E-state index in [1.54, 1.807) is 0 Å². The summed E-state index contributed by atoms with van der Waals surface area (Å²) in [6, 6.07) is 17.7. The quantitative estimate of drug-likeness (QED) is 0.863. The van der Waals surface area contributed by atoms with Crippen LogP contribution in [0, 0.1) is 0 Å². The average Bonchev–Trinajstić information content (AvgIpc) is 2.68. The van der Waals surface area contributed by atoms with Gasteiger partial charge in [0.15, 0.2) is 0 Å². The Balaban J connectivity index is 1.21. The molecule has 1 saturated heterocycles. The van der Waals surface area contributed by atoms with Gasteiger partial charge in [0.2, 0.25) is 5.79 Å². The zero-order valence-electron chi connectivity index (χ0n) is 15.8. The lowest BCUT2D eigenvalue weighted by Crippen LogP contribution is -2.54. The van der Waals surface area contributed by atoms with E-state index in [9.17, 15) is 0 Å². The SMILES string of the molecule is c1ccc(CNc2ccc3c(c2)COC2(CCN(C4CCC4)CC2)O3)cc1. The molecule has 0 bridgehead atoms. The lowest BCUT2D eigenvalue weighted by atomic mass is 9.89. The first-order valence-corrected chi connectivity index (χ1v) is 10.3. The second-order valence-electron chi connectivity index (χ2n) is 8.08. The molecular formula is C23H28N2O2. The van der Waals surface area contributed by atoms with Gasteiger partial charge < -0.3 is 14.8 Å². The van der Waals surface area contributed by atoms with Crippen molar-refractivity contribution >= 4 is 5.69 Å². The normalized spacial score (nSPS) is 21.9. The predicted molar refractivity (Wildman–Crippen MR) is 107 cm³/mol. The Labute approximate surface area is 161 Å². The van der Waals surface area contributed by atoms with Crippen LogP contribution in [0.5, 0.6) is 5.75 Å². The number of piperidine rings is 1. The number of ether oxygens (including phenoxy) is 2. The first-order valence-electron chi connectivity index (χ1n) is 10.3. The smallest absolute Gasteiger partial charge is 0.213 e. The highest BCUT2D eigenvalue weighted by Gasteiger charge is 2.42. The molecule has 2 fully saturated rings. The molecule has 1 spiro atoms. The third-order valence-corrected chi connectivity index (χ3v) is 6.34. The highest BCUT2D eigenvalue weighted by Crippen LogP contribution is 2.40. The van der Waals surface area contributed by atoms with E-state index in [-0.39, 0.29) is 0 Å². The summed E-state index contributed by atoms with van der Waals surface area (Å²) >= 11 is 0. The number of nitrogens with one attached hydrogen (secondary N) is 1. The molecule has 2 aliphatic heterocycles. The van der Waals surface area contributed by atoms with Gasteiger partial charge in [0.05, 0.1) is 6.61 Å². The van der Waals surface area contributed by atoms with Gasteiger partial charge in [-0.25, -0.2) is 0 Å². The van der Waals surface area contributed by atoms with Gasteiger partial charge in [0, 0.05) is 49.8 Å². The number of anilines is 1. The Hall–Kier alpha value is -2.04. The van der Waals surface area contributed by atoms with Crippen LogP contribution in [0.3, 0.4) is 0 Å². The molecule has 27 heavy (non-hydrogen) atoms. The number of hydrogen-bond donors (Lipinski definition) is 1. The standard InChI is InChI=1S/C23H28N2O2/c1-2-5-18(6-3-1)16-24-20-9-10-22-19(15-20)17-26-23(27-22)11-13-25(14-12-23)21-7-4-8-21/h1-3,5-6,9-10,15,21,24H,4,7-8,11-14,16-17H2. The number of rotatable bonds is 4. The van der Waals surface area contributed by atoms with Crippen molar-refractivity contribution in [1.82, 2.24) is 4.90 Å². The molecule has 0 aromatic heterocycles. The molecule has 0 unspecified atom stereocenters. The maximum absolute atomic E-state index is 6.38.